The lowest BCUT2D eigenvalue weighted by Crippen LogP contribution is -2.58. The number of methoxy groups -OCH3 is 1. The van der Waals surface area contributed by atoms with Crippen LogP contribution < -0.4 is 0 Å². The Bertz CT molecular complexity index is 240. The number of fused-ring (bicyclic) bond motifs is 2. The van der Waals surface area contributed by atoms with Crippen molar-refractivity contribution >= 4 is 7.85 Å². The predicted molar refractivity (Wildman–Crippen MR) is 56.2 cm³/mol. The SMILES string of the molecule is B[C@@H]1O[C@]2(C(C)OC)CC1OC2(C)C. The van der Waals surface area contributed by atoms with Gasteiger partial charge in [0.05, 0.1) is 23.8 Å². The topological polar surface area (TPSA) is 27.7 Å². The van der Waals surface area contributed by atoms with E-state index in [0.29, 0.717) is 0 Å². The second-order valence-electron chi connectivity index (χ2n) is 4.96. The van der Waals surface area contributed by atoms with Crippen molar-refractivity contribution in [1.29, 1.82) is 0 Å². The molecule has 2 bridgehead atoms. The standard InChI is InChI=1S/C10H19BO3/c1-6(12-4)10-5-7(8(11)14-10)13-9(10,2)3/h6-8H,5,11H2,1-4H3/t6?,7?,8-,10+/m1/s1. The van der Waals surface area contributed by atoms with E-state index >= 15 is 0 Å². The van der Waals surface area contributed by atoms with Crippen molar-refractivity contribution in [2.75, 3.05) is 7.11 Å². The summed E-state index contributed by atoms with van der Waals surface area (Å²) in [4.78, 5) is 0. The molecule has 0 saturated carbocycles. The lowest BCUT2D eigenvalue weighted by molar-refractivity contribution is -0.237. The zero-order valence-corrected chi connectivity index (χ0v) is 9.66. The molecule has 3 nitrogen and oxygen atoms in total. The second-order valence-corrected chi connectivity index (χ2v) is 4.96. The van der Waals surface area contributed by atoms with Crippen LogP contribution in [0.15, 0.2) is 0 Å². The van der Waals surface area contributed by atoms with Gasteiger partial charge in [-0.3, -0.25) is 0 Å². The Morgan fingerprint density at radius 3 is 2.50 bits per heavy atom. The largest absolute Gasteiger partial charge is 0.379 e. The summed E-state index contributed by atoms with van der Waals surface area (Å²) in [5.74, 6) is 0. The highest BCUT2D eigenvalue weighted by Crippen LogP contribution is 2.51. The van der Waals surface area contributed by atoms with E-state index in [1.54, 1.807) is 7.11 Å². The fourth-order valence-electron chi connectivity index (χ4n) is 2.87. The van der Waals surface area contributed by atoms with Crippen LogP contribution in [-0.2, 0) is 14.2 Å². The maximum Gasteiger partial charge on any atom is 0.142 e. The van der Waals surface area contributed by atoms with Crippen LogP contribution in [0.25, 0.3) is 0 Å². The molecule has 2 aliphatic heterocycles. The number of hydrogen-bond acceptors (Lipinski definition) is 3. The molecule has 2 aliphatic rings. The van der Waals surface area contributed by atoms with E-state index in [1.807, 2.05) is 0 Å². The Morgan fingerprint density at radius 1 is 1.43 bits per heavy atom. The van der Waals surface area contributed by atoms with E-state index in [4.69, 9.17) is 14.2 Å². The molecule has 2 rings (SSSR count). The molecule has 4 heteroatoms. The highest BCUT2D eigenvalue weighted by Gasteiger charge is 2.65. The van der Waals surface area contributed by atoms with Gasteiger partial charge in [-0.15, -0.1) is 0 Å². The summed E-state index contributed by atoms with van der Waals surface area (Å²) in [6, 6.07) is 0.195. The van der Waals surface area contributed by atoms with Crippen LogP contribution in [-0.4, -0.2) is 44.4 Å². The molecule has 2 saturated heterocycles. The van der Waals surface area contributed by atoms with Crippen molar-refractivity contribution in [2.24, 2.45) is 0 Å². The third-order valence-corrected chi connectivity index (χ3v) is 3.90. The lowest BCUT2D eigenvalue weighted by Gasteiger charge is -2.45. The lowest BCUT2D eigenvalue weighted by atomic mass is 9.81. The molecule has 0 spiro atoms. The van der Waals surface area contributed by atoms with Gasteiger partial charge < -0.3 is 14.2 Å². The van der Waals surface area contributed by atoms with Crippen LogP contribution >= 0.6 is 0 Å². The molecule has 2 heterocycles. The summed E-state index contributed by atoms with van der Waals surface area (Å²) in [5, 5.41) is 0. The van der Waals surface area contributed by atoms with Gasteiger partial charge in [-0.1, -0.05) is 0 Å². The third kappa shape index (κ3) is 1.11. The summed E-state index contributed by atoms with van der Waals surface area (Å²) in [6.07, 6.45) is 1.27. The van der Waals surface area contributed by atoms with Gasteiger partial charge in [0.2, 0.25) is 0 Å². The van der Waals surface area contributed by atoms with Crippen molar-refractivity contribution < 1.29 is 14.2 Å². The number of hydrogen-bond donors (Lipinski definition) is 0. The molecule has 2 unspecified atom stereocenters. The summed E-state index contributed by atoms with van der Waals surface area (Å²) in [6.45, 7) is 6.24. The smallest absolute Gasteiger partial charge is 0.142 e. The molecule has 80 valence electrons. The average molecular weight is 198 g/mol. The Morgan fingerprint density at radius 2 is 2.07 bits per heavy atom. The van der Waals surface area contributed by atoms with Gasteiger partial charge in [0.15, 0.2) is 0 Å². The van der Waals surface area contributed by atoms with E-state index in [0.717, 1.165) is 6.42 Å². The van der Waals surface area contributed by atoms with E-state index < -0.39 is 0 Å². The molecule has 0 aliphatic carbocycles. The van der Waals surface area contributed by atoms with Gasteiger partial charge in [-0.25, -0.2) is 0 Å². The molecule has 2 fully saturated rings. The summed E-state index contributed by atoms with van der Waals surface area (Å²) in [7, 11) is 3.80. The second kappa shape index (κ2) is 2.97. The molecule has 0 radical (unpaired) electrons. The molecule has 0 amide bonds. The first-order chi connectivity index (χ1) is 6.43. The van der Waals surface area contributed by atoms with Gasteiger partial charge >= 0.3 is 0 Å². The normalized spacial score (nSPS) is 46.9. The first kappa shape index (κ1) is 10.5. The maximum atomic E-state index is 6.07. The van der Waals surface area contributed by atoms with Gasteiger partial charge in [0.25, 0.3) is 0 Å². The highest BCUT2D eigenvalue weighted by atomic mass is 16.6. The quantitative estimate of drug-likeness (QED) is 0.598. The molecular weight excluding hydrogens is 179 g/mol. The van der Waals surface area contributed by atoms with Crippen molar-refractivity contribution in [3.05, 3.63) is 0 Å². The molecule has 0 aromatic heterocycles. The van der Waals surface area contributed by atoms with Gasteiger partial charge in [0.1, 0.15) is 13.4 Å². The number of rotatable bonds is 2. The zero-order chi connectivity index (χ0) is 10.6. The van der Waals surface area contributed by atoms with Gasteiger partial charge in [0, 0.05) is 13.5 Å². The van der Waals surface area contributed by atoms with Crippen molar-refractivity contribution in [3.63, 3.8) is 0 Å². The Balaban J connectivity index is 2.31. The molecular formula is C10H19BO3. The minimum Gasteiger partial charge on any atom is -0.379 e. The first-order valence-electron chi connectivity index (χ1n) is 5.31. The van der Waals surface area contributed by atoms with Crippen molar-refractivity contribution in [2.45, 2.75) is 56.6 Å². The Hall–Kier alpha value is -0.0551. The van der Waals surface area contributed by atoms with Gasteiger partial charge in [-0.2, -0.15) is 0 Å². The van der Waals surface area contributed by atoms with E-state index in [2.05, 4.69) is 28.6 Å². The van der Waals surface area contributed by atoms with Crippen LogP contribution in [0.5, 0.6) is 0 Å². The highest BCUT2D eigenvalue weighted by molar-refractivity contribution is 6.11. The first-order valence-corrected chi connectivity index (χ1v) is 5.31. The Kier molecular flexibility index (Phi) is 2.22. The van der Waals surface area contributed by atoms with Crippen LogP contribution in [0.1, 0.15) is 27.2 Å². The minimum absolute atomic E-state index is 0.0763. The monoisotopic (exact) mass is 198 g/mol. The van der Waals surface area contributed by atoms with Crippen LogP contribution in [0.3, 0.4) is 0 Å². The fourth-order valence-corrected chi connectivity index (χ4v) is 2.87. The summed E-state index contributed by atoms with van der Waals surface area (Å²) < 4.78 is 17.5. The van der Waals surface area contributed by atoms with E-state index in [1.165, 1.54) is 0 Å². The third-order valence-electron chi connectivity index (χ3n) is 3.90. The molecule has 0 N–H and O–H groups in total. The van der Waals surface area contributed by atoms with Crippen LogP contribution in [0, 0.1) is 0 Å². The van der Waals surface area contributed by atoms with Crippen molar-refractivity contribution in [3.8, 4) is 0 Å². The maximum absolute atomic E-state index is 6.07. The summed E-state index contributed by atoms with van der Waals surface area (Å²) >= 11 is 0. The van der Waals surface area contributed by atoms with Crippen molar-refractivity contribution in [1.82, 2.24) is 0 Å². The van der Waals surface area contributed by atoms with Crippen LogP contribution in [0.2, 0.25) is 0 Å². The van der Waals surface area contributed by atoms with E-state index in [9.17, 15) is 0 Å². The number of ether oxygens (including phenoxy) is 3. The average Bonchev–Trinajstić information content (AvgIpc) is 2.54. The minimum atomic E-state index is -0.258. The molecule has 14 heavy (non-hydrogen) atoms. The van der Waals surface area contributed by atoms with Gasteiger partial charge in [-0.05, 0) is 20.8 Å². The summed E-state index contributed by atoms with van der Waals surface area (Å²) in [5.41, 5.74) is -0.495. The fraction of sp³-hybridized carbons (Fsp3) is 1.00. The molecule has 4 atom stereocenters. The van der Waals surface area contributed by atoms with Crippen LogP contribution in [0.4, 0.5) is 0 Å². The van der Waals surface area contributed by atoms with E-state index in [-0.39, 0.29) is 29.4 Å². The molecule has 0 aromatic rings. The zero-order valence-electron chi connectivity index (χ0n) is 9.66. The Labute approximate surface area is 86.5 Å². The predicted octanol–water partition coefficient (Wildman–Crippen LogP) is 0.317. The molecule has 0 aromatic carbocycles.